The van der Waals surface area contributed by atoms with Gasteiger partial charge in [-0.15, -0.1) is 0 Å². The van der Waals surface area contributed by atoms with E-state index in [1.54, 1.807) is 13.3 Å². The molecule has 0 aromatic carbocycles. The highest BCUT2D eigenvalue weighted by Gasteiger charge is 2.43. The molecule has 0 unspecified atom stereocenters. The first kappa shape index (κ1) is 19.2. The third kappa shape index (κ3) is 3.99. The number of hydrogen-bond acceptors (Lipinski definition) is 5. The number of aliphatic imine (C=N–C) groups is 1. The molecule has 3 heterocycles. The van der Waals surface area contributed by atoms with Crippen LogP contribution in [0.3, 0.4) is 0 Å². The molecule has 1 aromatic rings. The molecule has 0 bridgehead atoms. The van der Waals surface area contributed by atoms with Gasteiger partial charge in [0.05, 0.1) is 24.4 Å². The Morgan fingerprint density at radius 2 is 2.14 bits per heavy atom. The Labute approximate surface area is 167 Å². The summed E-state index contributed by atoms with van der Waals surface area (Å²) in [4.78, 5) is 24.0. The Bertz CT molecular complexity index is 721. The van der Waals surface area contributed by atoms with E-state index in [-0.39, 0.29) is 5.54 Å². The van der Waals surface area contributed by atoms with Gasteiger partial charge in [0, 0.05) is 32.8 Å². The molecular weight excluding hydrogens is 354 g/mol. The van der Waals surface area contributed by atoms with E-state index in [0.29, 0.717) is 25.0 Å². The number of anilines is 2. The minimum absolute atomic E-state index is 0.270. The number of aromatic nitrogens is 1. The number of amidine groups is 1. The van der Waals surface area contributed by atoms with E-state index in [1.165, 1.54) is 25.7 Å². The number of ether oxygens (including phenoxy) is 1. The second-order valence-electron chi connectivity index (χ2n) is 8.19. The normalized spacial score (nSPS) is 22.8. The second-order valence-corrected chi connectivity index (χ2v) is 8.19. The Balaban J connectivity index is 1.46. The van der Waals surface area contributed by atoms with E-state index < -0.39 is 0 Å². The summed E-state index contributed by atoms with van der Waals surface area (Å²) < 4.78 is 5.17. The Kier molecular flexibility index (Phi) is 5.80. The average Bonchev–Trinajstić information content (AvgIpc) is 3.22. The van der Waals surface area contributed by atoms with E-state index >= 15 is 0 Å². The highest BCUT2D eigenvalue weighted by atomic mass is 16.5. The molecule has 1 saturated carbocycles. The van der Waals surface area contributed by atoms with Crippen LogP contribution >= 0.6 is 0 Å². The zero-order valence-electron chi connectivity index (χ0n) is 16.7. The van der Waals surface area contributed by atoms with Gasteiger partial charge in [0.1, 0.15) is 5.84 Å². The van der Waals surface area contributed by atoms with Crippen molar-refractivity contribution in [2.45, 2.75) is 50.5 Å². The maximum Gasteiger partial charge on any atom is 0.222 e. The number of piperidine rings is 1. The number of carbonyl (C=O) groups excluding carboxylic acids is 1. The fourth-order valence-corrected chi connectivity index (χ4v) is 4.68. The number of nitrogens with zero attached hydrogens (tertiary/aromatic N) is 3. The van der Waals surface area contributed by atoms with E-state index in [4.69, 9.17) is 9.73 Å². The molecule has 0 atom stereocenters. The molecule has 4 rings (SSSR count). The molecule has 7 nitrogen and oxygen atoms in total. The number of pyridine rings is 1. The topological polar surface area (TPSA) is 78.8 Å². The van der Waals surface area contributed by atoms with Crippen LogP contribution in [-0.2, 0) is 9.53 Å². The van der Waals surface area contributed by atoms with Gasteiger partial charge in [-0.1, -0.05) is 12.8 Å². The van der Waals surface area contributed by atoms with E-state index in [1.807, 2.05) is 12.1 Å². The lowest BCUT2D eigenvalue weighted by atomic mass is 9.84. The van der Waals surface area contributed by atoms with Crippen LogP contribution in [-0.4, -0.2) is 60.5 Å². The van der Waals surface area contributed by atoms with Gasteiger partial charge in [0.25, 0.3) is 0 Å². The molecule has 3 aliphatic rings. The number of likely N-dealkylation sites (tertiary alicyclic amines) is 1. The molecule has 1 aliphatic carbocycles. The van der Waals surface area contributed by atoms with Crippen molar-refractivity contribution >= 4 is 23.2 Å². The third-order valence-corrected chi connectivity index (χ3v) is 6.34. The summed E-state index contributed by atoms with van der Waals surface area (Å²) in [5, 5.41) is 7.12. The van der Waals surface area contributed by atoms with Crippen molar-refractivity contribution in [2.24, 2.45) is 10.9 Å². The lowest BCUT2D eigenvalue weighted by molar-refractivity contribution is -0.133. The van der Waals surface area contributed by atoms with Gasteiger partial charge < -0.3 is 20.3 Å². The summed E-state index contributed by atoms with van der Waals surface area (Å²) in [6, 6.07) is 3.98. The van der Waals surface area contributed by atoms with Crippen molar-refractivity contribution in [1.29, 1.82) is 0 Å². The van der Waals surface area contributed by atoms with E-state index in [9.17, 15) is 4.79 Å². The van der Waals surface area contributed by atoms with Crippen molar-refractivity contribution in [1.82, 2.24) is 9.88 Å². The van der Waals surface area contributed by atoms with Crippen LogP contribution in [0.5, 0.6) is 0 Å². The third-order valence-electron chi connectivity index (χ3n) is 6.34. The predicted octanol–water partition coefficient (Wildman–Crippen LogP) is 2.91. The van der Waals surface area contributed by atoms with E-state index in [2.05, 4.69) is 20.5 Å². The number of methoxy groups -OCH3 is 1. The van der Waals surface area contributed by atoms with Gasteiger partial charge >= 0.3 is 0 Å². The summed E-state index contributed by atoms with van der Waals surface area (Å²) in [5.74, 6) is 2.65. The standard InChI is InChI=1S/C21H31N5O2/c1-28-14-11-23-20-21(25-17-7-4-10-22-19(17)24-20)8-12-26(13-9-21)18(27)15-16-5-2-3-6-16/h4,7,10,16,25H,2-3,5-6,8-9,11-15H2,1H3,(H,22,23,24). The van der Waals surface area contributed by atoms with Crippen LogP contribution in [0.1, 0.15) is 44.9 Å². The van der Waals surface area contributed by atoms with Crippen molar-refractivity contribution in [2.75, 3.05) is 44.0 Å². The van der Waals surface area contributed by atoms with Gasteiger partial charge in [-0.3, -0.25) is 9.79 Å². The number of nitrogens with one attached hydrogen (secondary N) is 2. The molecular formula is C21H31N5O2. The zero-order chi connectivity index (χ0) is 19.4. The summed E-state index contributed by atoms with van der Waals surface area (Å²) in [7, 11) is 1.69. The van der Waals surface area contributed by atoms with Crippen LogP contribution in [0.4, 0.5) is 11.5 Å². The summed E-state index contributed by atoms with van der Waals surface area (Å²) in [6.45, 7) is 2.72. The Morgan fingerprint density at radius 3 is 2.89 bits per heavy atom. The zero-order valence-corrected chi connectivity index (χ0v) is 16.7. The van der Waals surface area contributed by atoms with Crippen LogP contribution in [0.25, 0.3) is 0 Å². The van der Waals surface area contributed by atoms with Crippen LogP contribution in [0.15, 0.2) is 23.3 Å². The lowest BCUT2D eigenvalue weighted by Crippen LogP contribution is -2.59. The molecule has 28 heavy (non-hydrogen) atoms. The van der Waals surface area contributed by atoms with Gasteiger partial charge in [0.15, 0.2) is 5.82 Å². The minimum atomic E-state index is -0.270. The van der Waals surface area contributed by atoms with Crippen LogP contribution in [0, 0.1) is 5.92 Å². The predicted molar refractivity (Wildman–Crippen MR) is 111 cm³/mol. The average molecular weight is 386 g/mol. The summed E-state index contributed by atoms with van der Waals surface area (Å²) >= 11 is 0. The molecule has 1 spiro atoms. The van der Waals surface area contributed by atoms with Crippen LogP contribution in [0.2, 0.25) is 0 Å². The van der Waals surface area contributed by atoms with Crippen molar-refractivity contribution in [3.05, 3.63) is 18.3 Å². The second kappa shape index (κ2) is 8.47. The first-order chi connectivity index (χ1) is 13.7. The fourth-order valence-electron chi connectivity index (χ4n) is 4.68. The maximum absolute atomic E-state index is 12.7. The summed E-state index contributed by atoms with van der Waals surface area (Å²) in [5.41, 5.74) is 0.729. The van der Waals surface area contributed by atoms with Gasteiger partial charge in [-0.25, -0.2) is 4.98 Å². The lowest BCUT2D eigenvalue weighted by Gasteiger charge is -2.46. The Morgan fingerprint density at radius 1 is 1.36 bits per heavy atom. The number of carbonyl (C=O) groups is 1. The molecule has 2 aliphatic heterocycles. The van der Waals surface area contributed by atoms with Gasteiger partial charge in [-0.05, 0) is 43.7 Å². The number of fused-ring (bicyclic) bond motifs is 1. The molecule has 7 heteroatoms. The number of amides is 1. The Hall–Kier alpha value is -2.15. The van der Waals surface area contributed by atoms with E-state index in [0.717, 1.165) is 49.7 Å². The van der Waals surface area contributed by atoms with Crippen LogP contribution < -0.4 is 10.6 Å². The maximum atomic E-state index is 12.7. The molecule has 0 radical (unpaired) electrons. The molecule has 1 aromatic heterocycles. The highest BCUT2D eigenvalue weighted by Crippen LogP contribution is 2.36. The van der Waals surface area contributed by atoms with Crippen molar-refractivity contribution in [3.8, 4) is 0 Å². The molecule has 2 N–H and O–H groups in total. The molecule has 2 fully saturated rings. The molecule has 152 valence electrons. The minimum Gasteiger partial charge on any atom is -0.383 e. The van der Waals surface area contributed by atoms with Crippen molar-refractivity contribution in [3.63, 3.8) is 0 Å². The fraction of sp³-hybridized carbons (Fsp3) is 0.667. The van der Waals surface area contributed by atoms with Crippen molar-refractivity contribution < 1.29 is 9.53 Å². The van der Waals surface area contributed by atoms with Gasteiger partial charge in [0.2, 0.25) is 5.91 Å². The quantitative estimate of drug-likeness (QED) is 0.762. The smallest absolute Gasteiger partial charge is 0.222 e. The largest absolute Gasteiger partial charge is 0.383 e. The summed E-state index contributed by atoms with van der Waals surface area (Å²) in [6.07, 6.45) is 9.19. The SMILES string of the molecule is COCCN=C1Nc2ncccc2NC12CCN(C(=O)CC1CCCC1)CC2. The number of hydrogen-bond donors (Lipinski definition) is 2. The first-order valence-electron chi connectivity index (χ1n) is 10.5. The first-order valence-corrected chi connectivity index (χ1v) is 10.5. The molecule has 1 saturated heterocycles. The molecule has 1 amide bonds. The highest BCUT2D eigenvalue weighted by molar-refractivity contribution is 6.08. The number of rotatable bonds is 5. The van der Waals surface area contributed by atoms with Gasteiger partial charge in [-0.2, -0.15) is 0 Å². The monoisotopic (exact) mass is 385 g/mol.